The van der Waals surface area contributed by atoms with E-state index in [0.717, 1.165) is 17.2 Å². The van der Waals surface area contributed by atoms with Crippen molar-refractivity contribution in [2.45, 2.75) is 24.5 Å². The fourth-order valence-electron chi connectivity index (χ4n) is 2.70. The Hall–Kier alpha value is 0.790. The number of nitrogen functional groups attached to an aromatic ring is 1. The molecular weight excluding hydrogens is 520 g/mol. The van der Waals surface area contributed by atoms with Crippen molar-refractivity contribution in [3.8, 4) is 0 Å². The second-order valence-corrected chi connectivity index (χ2v) is 9.52. The molecule has 174 valence electrons. The number of aliphatic hydroxyl groups is 1. The molecule has 2 aromatic heterocycles. The van der Waals surface area contributed by atoms with E-state index < -0.39 is 57.2 Å². The maximum atomic E-state index is 11.4. The normalized spacial score (nSPS) is 22.4. The molecule has 18 nitrogen and oxygen atoms in total. The molecule has 25 heteroatoms. The molecule has 1 fully saturated rings. The van der Waals surface area contributed by atoms with E-state index in [1.165, 1.54) is 0 Å². The average Bonchev–Trinajstić information content (AvgIpc) is 3.13. The molecule has 2 aromatic rings. The number of phosphoric acid groups is 2. The maximum absolute atomic E-state index is 11.4. The Morgan fingerprint density at radius 3 is 2.23 bits per heavy atom. The Bertz CT molecular complexity index is 1180. The summed E-state index contributed by atoms with van der Waals surface area (Å²) in [5.41, 5.74) is 5.73. The van der Waals surface area contributed by atoms with Crippen molar-refractivity contribution < 1.29 is 135 Å². The third-order valence-electron chi connectivity index (χ3n) is 3.78. The number of ether oxygens (including phenoxy) is 1. The number of fused-ring (bicyclic) bond motifs is 1. The van der Waals surface area contributed by atoms with Crippen molar-refractivity contribution in [3.63, 3.8) is 0 Å². The van der Waals surface area contributed by atoms with Gasteiger partial charge in [-0.2, -0.15) is 8.42 Å². The van der Waals surface area contributed by atoms with Gasteiger partial charge in [0.1, 0.15) is 30.2 Å². The molecule has 1 aliphatic rings. The standard InChI is InChI=1S/C10H15N5O13P2S.4Li/c11-8-5-9(13-2-12-8)15(3-14-5)10-6(16)7(27-29(17,18)19)4(26-10)1-25-31(23,24)28-30(20,21)22;;;;/h2-4,6-7,10,16H,1H2,(H2,11,12,13)(H2,17,18,19)(H2,20,21,22);;;;/q;4*+1/p-4/t4-,6-,7-,10-;;;;/m1..../s1. The first-order valence-electron chi connectivity index (χ1n) is 7.76. The second-order valence-electron chi connectivity index (χ2n) is 5.87. The van der Waals surface area contributed by atoms with Gasteiger partial charge in [0.05, 0.1) is 28.6 Å². The van der Waals surface area contributed by atoms with Crippen LogP contribution in [0.4, 0.5) is 5.82 Å². The number of imidazole rings is 1. The second kappa shape index (κ2) is 14.3. The Morgan fingerprint density at radius 1 is 1.09 bits per heavy atom. The zero-order valence-corrected chi connectivity index (χ0v) is 21.3. The van der Waals surface area contributed by atoms with Gasteiger partial charge >= 0.3 is 85.8 Å². The molecule has 3 rings (SSSR count). The predicted octanol–water partition coefficient (Wildman–Crippen LogP) is -17.0. The summed E-state index contributed by atoms with van der Waals surface area (Å²) in [6.45, 7) is -1.22. The molecule has 3 N–H and O–H groups in total. The predicted molar refractivity (Wildman–Crippen MR) is 85.7 cm³/mol. The van der Waals surface area contributed by atoms with Gasteiger partial charge in [0.15, 0.2) is 17.7 Å². The van der Waals surface area contributed by atoms with Gasteiger partial charge in [0.2, 0.25) is 0 Å². The molecule has 0 radical (unpaired) electrons. The van der Waals surface area contributed by atoms with Crippen LogP contribution < -0.4 is 101 Å². The summed E-state index contributed by atoms with van der Waals surface area (Å²) < 4.78 is 62.3. The first-order valence-corrected chi connectivity index (χ1v) is 12.0. The van der Waals surface area contributed by atoms with Crippen molar-refractivity contribution in [1.29, 1.82) is 0 Å². The van der Waals surface area contributed by atoms with Gasteiger partial charge in [-0.3, -0.25) is 4.57 Å². The van der Waals surface area contributed by atoms with Gasteiger partial charge < -0.3 is 48.8 Å². The molecule has 0 unspecified atom stereocenters. The minimum Gasteiger partial charge on any atom is -0.790 e. The Kier molecular flexibility index (Phi) is 15.5. The van der Waals surface area contributed by atoms with Gasteiger partial charge in [-0.25, -0.2) is 23.1 Å². The SMILES string of the molecule is Nc1ncnc2c1ncn2[C@@H]1O[C@H](COS(=O)(=O)OP(=O)([O-])[O-])[C@@H](OP(=O)([O-])[O-])[C@H]1O.[Li+].[Li+].[Li+].[Li+]. The van der Waals surface area contributed by atoms with Crippen molar-refractivity contribution in [2.24, 2.45) is 0 Å². The number of aliphatic hydroxyl groups excluding tert-OH is 1. The molecule has 0 saturated carbocycles. The van der Waals surface area contributed by atoms with Crippen molar-refractivity contribution in [2.75, 3.05) is 12.3 Å². The summed E-state index contributed by atoms with van der Waals surface area (Å²) >= 11 is 0. The van der Waals surface area contributed by atoms with Crippen molar-refractivity contribution in [1.82, 2.24) is 19.5 Å². The minimum atomic E-state index is -6.01. The van der Waals surface area contributed by atoms with Gasteiger partial charge in [0, 0.05) is 0 Å². The van der Waals surface area contributed by atoms with E-state index >= 15 is 0 Å². The average molecular weight is 531 g/mol. The van der Waals surface area contributed by atoms with Crippen LogP contribution in [-0.4, -0.2) is 58.0 Å². The van der Waals surface area contributed by atoms with Crippen LogP contribution in [0.1, 0.15) is 6.23 Å². The summed E-state index contributed by atoms with van der Waals surface area (Å²) in [5.74, 6) is -0.0459. The summed E-state index contributed by atoms with van der Waals surface area (Å²) in [6, 6.07) is 0. The molecule has 1 aliphatic heterocycles. The molecule has 3 heterocycles. The molecule has 1 saturated heterocycles. The van der Waals surface area contributed by atoms with Crippen LogP contribution in [0, 0.1) is 0 Å². The van der Waals surface area contributed by atoms with Gasteiger partial charge in [-0.15, -0.1) is 0 Å². The fraction of sp³-hybridized carbons (Fsp3) is 0.500. The van der Waals surface area contributed by atoms with E-state index in [1.807, 2.05) is 0 Å². The van der Waals surface area contributed by atoms with E-state index in [9.17, 15) is 42.2 Å². The van der Waals surface area contributed by atoms with Crippen molar-refractivity contribution >= 4 is 43.0 Å². The van der Waals surface area contributed by atoms with E-state index in [0.29, 0.717) is 0 Å². The van der Waals surface area contributed by atoms with Gasteiger partial charge in [-0.1, -0.05) is 0 Å². The van der Waals surface area contributed by atoms with Crippen LogP contribution in [-0.2, 0) is 36.9 Å². The van der Waals surface area contributed by atoms with Crippen LogP contribution in [0.25, 0.3) is 11.2 Å². The van der Waals surface area contributed by atoms with Crippen LogP contribution in [0.15, 0.2) is 12.7 Å². The quantitative estimate of drug-likeness (QED) is 0.236. The monoisotopic (exact) mass is 531 g/mol. The van der Waals surface area contributed by atoms with Crippen molar-refractivity contribution in [3.05, 3.63) is 12.7 Å². The van der Waals surface area contributed by atoms with Gasteiger partial charge in [0.25, 0.3) is 0 Å². The summed E-state index contributed by atoms with van der Waals surface area (Å²) in [6.07, 6.45) is -5.15. The number of anilines is 1. The van der Waals surface area contributed by atoms with Crippen LogP contribution in [0.5, 0.6) is 0 Å². The molecule has 0 bridgehead atoms. The fourth-order valence-corrected chi connectivity index (χ4v) is 4.63. The van der Waals surface area contributed by atoms with E-state index in [2.05, 4.69) is 27.6 Å². The number of phosphoric ester groups is 1. The summed E-state index contributed by atoms with van der Waals surface area (Å²) in [4.78, 5) is 54.5. The number of aromatic nitrogens is 4. The minimum absolute atomic E-state index is 0. The first-order chi connectivity index (χ1) is 14.2. The number of nitrogens with two attached hydrogens (primary N) is 1. The number of rotatable bonds is 8. The molecule has 35 heavy (non-hydrogen) atoms. The van der Waals surface area contributed by atoms with Crippen LogP contribution in [0.2, 0.25) is 0 Å². The number of hydrogen-bond acceptors (Lipinski definition) is 17. The molecule has 0 amide bonds. The summed E-state index contributed by atoms with van der Waals surface area (Å²) in [5, 5.41) is 10.4. The largest absolute Gasteiger partial charge is 1.00 e. The van der Waals surface area contributed by atoms with E-state index in [4.69, 9.17) is 10.5 Å². The molecule has 0 aromatic carbocycles. The molecule has 0 spiro atoms. The zero-order chi connectivity index (χ0) is 23.2. The van der Waals surface area contributed by atoms with Crippen LogP contribution >= 0.6 is 15.6 Å². The Balaban J connectivity index is 0. The Morgan fingerprint density at radius 2 is 1.69 bits per heavy atom. The maximum Gasteiger partial charge on any atom is 1.00 e. The third-order valence-corrected chi connectivity index (χ3v) is 6.17. The zero-order valence-electron chi connectivity index (χ0n) is 18.7. The number of hydrogen-bond donors (Lipinski definition) is 2. The smallest absolute Gasteiger partial charge is 0.790 e. The molecule has 4 atom stereocenters. The number of nitrogens with zero attached hydrogens (tertiary/aromatic N) is 4. The van der Waals surface area contributed by atoms with E-state index in [-0.39, 0.29) is 92.4 Å². The van der Waals surface area contributed by atoms with E-state index in [1.54, 1.807) is 0 Å². The van der Waals surface area contributed by atoms with Crippen LogP contribution in [0.3, 0.4) is 0 Å². The topological polar surface area (TPSA) is 287 Å². The first kappa shape index (κ1) is 37.9. The molecular formula is C10H11Li4N5O13P2S. The molecule has 0 aliphatic carbocycles. The Labute approximate surface area is 245 Å². The summed E-state index contributed by atoms with van der Waals surface area (Å²) in [7, 11) is -17.2. The third kappa shape index (κ3) is 10.1. The van der Waals surface area contributed by atoms with Gasteiger partial charge in [-0.05, 0) is 0 Å².